The summed E-state index contributed by atoms with van der Waals surface area (Å²) in [6, 6.07) is 5.39. The van der Waals surface area contributed by atoms with Gasteiger partial charge in [0, 0.05) is 20.5 Å². The van der Waals surface area contributed by atoms with E-state index in [1.54, 1.807) is 0 Å². The molecular formula is C20H20FKN6O5. The van der Waals surface area contributed by atoms with Crippen molar-refractivity contribution in [3.63, 3.8) is 0 Å². The molecule has 0 bridgehead atoms. The van der Waals surface area contributed by atoms with Crippen LogP contribution in [0, 0.1) is 12.7 Å². The molecule has 3 aromatic rings. The van der Waals surface area contributed by atoms with Gasteiger partial charge in [0.15, 0.2) is 0 Å². The number of benzene rings is 1. The monoisotopic (exact) mass is 488 g/mol. The number of carbonyl (C=O) groups is 2. The summed E-state index contributed by atoms with van der Waals surface area (Å²) < 4.78 is 19.1. The van der Waals surface area contributed by atoms with Crippen molar-refractivity contribution >= 4 is 11.8 Å². The smallest absolute Gasteiger partial charge is 0.867 e. The van der Waals surface area contributed by atoms with Crippen molar-refractivity contribution in [2.75, 3.05) is 0 Å². The maximum absolute atomic E-state index is 13.0. The molecule has 0 unspecified atom stereocenters. The Bertz CT molecular complexity index is 1240. The molecule has 0 radical (unpaired) electrons. The van der Waals surface area contributed by atoms with Crippen LogP contribution < -0.4 is 72.7 Å². The molecule has 0 fully saturated rings. The summed E-state index contributed by atoms with van der Waals surface area (Å²) >= 11 is 0. The number of halogens is 1. The largest absolute Gasteiger partial charge is 1.00 e. The topological polar surface area (TPSA) is 155 Å². The minimum Gasteiger partial charge on any atom is -0.867 e. The Hall–Kier alpha value is -2.45. The van der Waals surface area contributed by atoms with E-state index in [4.69, 9.17) is 4.42 Å². The zero-order valence-electron chi connectivity index (χ0n) is 18.7. The van der Waals surface area contributed by atoms with Gasteiger partial charge in [0.2, 0.25) is 11.4 Å². The number of amides is 2. The second-order valence-corrected chi connectivity index (χ2v) is 7.49. The fourth-order valence-corrected chi connectivity index (χ4v) is 2.94. The minimum absolute atomic E-state index is 0. The zero-order chi connectivity index (χ0) is 23.6. The van der Waals surface area contributed by atoms with Gasteiger partial charge in [0.25, 0.3) is 5.91 Å². The number of rotatable bonds is 6. The van der Waals surface area contributed by atoms with Gasteiger partial charge in [-0.15, -0.1) is 10.2 Å². The molecule has 3 rings (SSSR count). The van der Waals surface area contributed by atoms with Gasteiger partial charge in [0.1, 0.15) is 17.3 Å². The molecule has 11 nitrogen and oxygen atoms in total. The van der Waals surface area contributed by atoms with Crippen LogP contribution in [-0.4, -0.2) is 31.6 Å². The van der Waals surface area contributed by atoms with E-state index in [2.05, 4.69) is 25.8 Å². The summed E-state index contributed by atoms with van der Waals surface area (Å²) in [5.74, 6) is -3.28. The number of aromatic nitrogens is 4. The maximum Gasteiger partial charge on any atom is 1.00 e. The fourth-order valence-electron chi connectivity index (χ4n) is 2.94. The molecule has 13 heteroatoms. The Morgan fingerprint density at radius 3 is 2.39 bits per heavy atom. The number of hydrogen-bond donors (Lipinski definition) is 2. The Kier molecular flexibility index (Phi) is 8.65. The van der Waals surface area contributed by atoms with E-state index in [1.165, 1.54) is 52.1 Å². The molecular weight excluding hydrogens is 468 g/mol. The molecule has 2 aromatic heterocycles. The van der Waals surface area contributed by atoms with Crippen molar-refractivity contribution in [2.24, 2.45) is 7.05 Å². The number of aryl methyl sites for hydroxylation is 1. The van der Waals surface area contributed by atoms with E-state index in [-0.39, 0.29) is 75.5 Å². The third-order valence-electron chi connectivity index (χ3n) is 4.54. The molecule has 2 amide bonds. The van der Waals surface area contributed by atoms with Gasteiger partial charge in [-0.05, 0) is 37.3 Å². The molecule has 0 spiro atoms. The molecule has 0 aliphatic rings. The quantitative estimate of drug-likeness (QED) is 0.355. The number of nitrogens with one attached hydrogen (secondary N) is 2. The van der Waals surface area contributed by atoms with Crippen LogP contribution in [0.2, 0.25) is 0 Å². The average molecular weight is 488 g/mol. The standard InChI is InChI=1S/C20H21FN6O5.K/c1-10-25-26-17(32-10)16(30)24-20(2,3)19-23-13(14(28)18(31)27(19)4)15(29)22-9-11-5-7-12(21)8-6-11;/h5-8,28H,9H2,1-4H3,(H,22,29)(H,24,30);/q;+1/p-1/i5+1,6+1,7+1,8+1,11+1,12+1;. The van der Waals surface area contributed by atoms with Crippen molar-refractivity contribution in [3.05, 3.63) is 69.3 Å². The Morgan fingerprint density at radius 1 is 1.18 bits per heavy atom. The van der Waals surface area contributed by atoms with Crippen molar-refractivity contribution in [2.45, 2.75) is 32.9 Å². The summed E-state index contributed by atoms with van der Waals surface area (Å²) in [5, 5.41) is 24.7. The molecule has 2 N–H and O–H groups in total. The van der Waals surface area contributed by atoms with Gasteiger partial charge in [0.05, 0.1) is 5.54 Å². The second kappa shape index (κ2) is 10.7. The predicted octanol–water partition coefficient (Wildman–Crippen LogP) is -2.72. The molecule has 0 atom stereocenters. The summed E-state index contributed by atoms with van der Waals surface area (Å²) in [6.07, 6.45) is 0. The van der Waals surface area contributed by atoms with Crippen LogP contribution in [0.25, 0.3) is 0 Å². The van der Waals surface area contributed by atoms with Crippen LogP contribution in [-0.2, 0) is 19.1 Å². The first-order valence-electron chi connectivity index (χ1n) is 9.43. The van der Waals surface area contributed by atoms with Gasteiger partial charge in [-0.3, -0.25) is 19.0 Å². The molecule has 2 heterocycles. The van der Waals surface area contributed by atoms with E-state index in [0.717, 1.165) is 4.57 Å². The molecule has 33 heavy (non-hydrogen) atoms. The molecule has 0 aliphatic heterocycles. The van der Waals surface area contributed by atoms with E-state index >= 15 is 0 Å². The molecule has 1 aromatic carbocycles. The van der Waals surface area contributed by atoms with Crippen LogP contribution >= 0.6 is 0 Å². The fraction of sp³-hybridized carbons (Fsp3) is 0.300. The molecule has 0 saturated heterocycles. The van der Waals surface area contributed by atoms with Crippen LogP contribution in [0.15, 0.2) is 33.5 Å². The van der Waals surface area contributed by atoms with Crippen LogP contribution in [0.3, 0.4) is 0 Å². The molecule has 0 saturated carbocycles. The first kappa shape index (κ1) is 26.8. The van der Waals surface area contributed by atoms with Gasteiger partial charge < -0.3 is 20.2 Å². The molecule has 168 valence electrons. The number of carbonyl (C=O) groups excluding carboxylic acids is 2. The summed E-state index contributed by atoms with van der Waals surface area (Å²) in [4.78, 5) is 41.5. The number of hydrogen-bond acceptors (Lipinski definition) is 8. The van der Waals surface area contributed by atoms with E-state index in [9.17, 15) is 23.9 Å². The minimum atomic E-state index is -1.30. The normalized spacial score (nSPS) is 10.9. The predicted molar refractivity (Wildman–Crippen MR) is 106 cm³/mol. The number of nitrogens with zero attached hydrogens (tertiary/aromatic N) is 4. The van der Waals surface area contributed by atoms with E-state index < -0.39 is 40.2 Å². The summed E-state index contributed by atoms with van der Waals surface area (Å²) in [7, 11) is 1.30. The zero-order valence-corrected chi connectivity index (χ0v) is 21.8. The van der Waals surface area contributed by atoms with Gasteiger partial charge in [-0.2, -0.15) is 0 Å². The first-order valence-corrected chi connectivity index (χ1v) is 9.43. The first-order chi connectivity index (χ1) is 15.0. The van der Waals surface area contributed by atoms with E-state index in [1.807, 2.05) is 0 Å². The van der Waals surface area contributed by atoms with E-state index in [0.29, 0.717) is 5.56 Å². The van der Waals surface area contributed by atoms with Gasteiger partial charge in [-0.25, -0.2) is 9.37 Å². The SMILES string of the molecule is Cc1nnc(C(=O)NC(C)(C)c2nc(C(=O)NC[13c]3[13cH][13cH][13c](F)[13cH][13cH]3)c([O-])c(=O)n2C)o1.[K+]. The van der Waals surface area contributed by atoms with Crippen molar-refractivity contribution < 1.29 is 74.9 Å². The molecule has 0 aliphatic carbocycles. The van der Waals surface area contributed by atoms with Crippen molar-refractivity contribution in [1.82, 2.24) is 30.4 Å². The van der Waals surface area contributed by atoms with Crippen LogP contribution in [0.1, 0.15) is 52.3 Å². The third kappa shape index (κ3) is 6.12. The summed E-state index contributed by atoms with van der Waals surface area (Å²) in [6.45, 7) is 4.56. The maximum atomic E-state index is 13.0. The second-order valence-electron chi connectivity index (χ2n) is 7.49. The van der Waals surface area contributed by atoms with Crippen molar-refractivity contribution in [1.29, 1.82) is 0 Å². The van der Waals surface area contributed by atoms with Gasteiger partial charge >= 0.3 is 63.2 Å². The Morgan fingerprint density at radius 2 is 1.82 bits per heavy atom. The summed E-state index contributed by atoms with van der Waals surface area (Å²) in [5.41, 5.74) is -2.33. The van der Waals surface area contributed by atoms with Crippen LogP contribution in [0.4, 0.5) is 4.39 Å². The van der Waals surface area contributed by atoms with Crippen LogP contribution in [0.5, 0.6) is 5.75 Å². The van der Waals surface area contributed by atoms with Gasteiger partial charge in [-0.1, -0.05) is 12.1 Å². The Labute approximate surface area is 230 Å². The third-order valence-corrected chi connectivity index (χ3v) is 4.54. The Balaban J connectivity index is 0.00000385. The average Bonchev–Trinajstić information content (AvgIpc) is 3.17. The van der Waals surface area contributed by atoms with Crippen molar-refractivity contribution in [3.8, 4) is 5.75 Å².